The van der Waals surface area contributed by atoms with Gasteiger partial charge in [-0.2, -0.15) is 0 Å². The molecular formula is C18H22BrNO3. The summed E-state index contributed by atoms with van der Waals surface area (Å²) in [7, 11) is 0. The van der Waals surface area contributed by atoms with Gasteiger partial charge in [-0.1, -0.05) is 15.9 Å². The predicted molar refractivity (Wildman–Crippen MR) is 92.5 cm³/mol. The Hall–Kier alpha value is -0.880. The lowest BCUT2D eigenvalue weighted by molar-refractivity contribution is -0.179. The number of hydrogen-bond donors (Lipinski definition) is 1. The van der Waals surface area contributed by atoms with Crippen molar-refractivity contribution >= 4 is 22.0 Å². The number of nitrogens with one attached hydrogen (secondary N) is 1. The van der Waals surface area contributed by atoms with E-state index in [2.05, 4.69) is 33.4 Å². The lowest BCUT2D eigenvalue weighted by atomic mass is 9.90. The maximum Gasteiger partial charge on any atom is 0.168 e. The molecule has 23 heavy (non-hydrogen) atoms. The third kappa shape index (κ3) is 3.48. The van der Waals surface area contributed by atoms with Crippen LogP contribution in [-0.2, 0) is 9.47 Å². The molecule has 2 heterocycles. The summed E-state index contributed by atoms with van der Waals surface area (Å²) in [5, 5.41) is 3.67. The van der Waals surface area contributed by atoms with Crippen LogP contribution in [0.5, 0.6) is 5.75 Å². The van der Waals surface area contributed by atoms with Crippen LogP contribution in [0.2, 0.25) is 0 Å². The molecular weight excluding hydrogens is 358 g/mol. The molecule has 1 saturated carbocycles. The van der Waals surface area contributed by atoms with Crippen molar-refractivity contribution in [1.29, 1.82) is 0 Å². The molecule has 2 fully saturated rings. The van der Waals surface area contributed by atoms with E-state index in [1.165, 1.54) is 5.57 Å². The van der Waals surface area contributed by atoms with Crippen molar-refractivity contribution in [2.24, 2.45) is 0 Å². The Bertz CT molecular complexity index is 600. The van der Waals surface area contributed by atoms with Gasteiger partial charge in [-0.15, -0.1) is 0 Å². The minimum absolute atomic E-state index is 0.267. The van der Waals surface area contributed by atoms with Gasteiger partial charge in [-0.25, -0.2) is 0 Å². The Kier molecular flexibility index (Phi) is 4.46. The van der Waals surface area contributed by atoms with Crippen LogP contribution in [0, 0.1) is 0 Å². The van der Waals surface area contributed by atoms with Crippen LogP contribution in [0.4, 0.5) is 0 Å². The van der Waals surface area contributed by atoms with E-state index in [-0.39, 0.29) is 5.79 Å². The lowest BCUT2D eigenvalue weighted by Crippen LogP contribution is -2.42. The van der Waals surface area contributed by atoms with Crippen LogP contribution in [0.3, 0.4) is 0 Å². The van der Waals surface area contributed by atoms with E-state index in [4.69, 9.17) is 14.2 Å². The van der Waals surface area contributed by atoms with Gasteiger partial charge >= 0.3 is 0 Å². The number of benzene rings is 1. The van der Waals surface area contributed by atoms with Crippen molar-refractivity contribution in [3.8, 4) is 5.75 Å². The minimum Gasteiger partial charge on any atom is -0.489 e. The summed E-state index contributed by atoms with van der Waals surface area (Å²) >= 11 is 3.52. The molecule has 1 spiro atoms. The molecule has 0 atom stereocenters. The summed E-state index contributed by atoms with van der Waals surface area (Å²) in [6.07, 6.45) is 6.45. The van der Waals surface area contributed by atoms with E-state index in [0.717, 1.165) is 61.2 Å². The van der Waals surface area contributed by atoms with Crippen molar-refractivity contribution in [2.45, 2.75) is 37.5 Å². The molecule has 0 unspecified atom stereocenters. The average Bonchev–Trinajstić information content (AvgIpc) is 3.02. The van der Waals surface area contributed by atoms with Crippen molar-refractivity contribution < 1.29 is 14.2 Å². The van der Waals surface area contributed by atoms with Crippen LogP contribution < -0.4 is 10.1 Å². The van der Waals surface area contributed by atoms with Crippen LogP contribution in [0.15, 0.2) is 28.2 Å². The first kappa shape index (κ1) is 15.6. The lowest BCUT2D eigenvalue weighted by Gasteiger charge is -2.36. The second-order valence-electron chi connectivity index (χ2n) is 6.54. The summed E-state index contributed by atoms with van der Waals surface area (Å²) in [6.45, 7) is 3.05. The topological polar surface area (TPSA) is 39.7 Å². The molecule has 4 rings (SSSR count). The van der Waals surface area contributed by atoms with Crippen LogP contribution in [0.1, 0.15) is 31.2 Å². The third-order valence-electron chi connectivity index (χ3n) is 4.92. The van der Waals surface area contributed by atoms with Gasteiger partial charge in [0, 0.05) is 35.5 Å². The zero-order valence-electron chi connectivity index (χ0n) is 13.1. The Balaban J connectivity index is 1.32. The summed E-state index contributed by atoms with van der Waals surface area (Å²) in [5.74, 6) is 0.698. The smallest absolute Gasteiger partial charge is 0.168 e. The average molecular weight is 380 g/mol. The first-order valence-corrected chi connectivity index (χ1v) is 9.15. The first-order valence-electron chi connectivity index (χ1n) is 8.36. The highest BCUT2D eigenvalue weighted by atomic mass is 79.9. The zero-order chi connectivity index (χ0) is 15.7. The highest BCUT2D eigenvalue weighted by molar-refractivity contribution is 9.10. The van der Waals surface area contributed by atoms with E-state index in [1.54, 1.807) is 0 Å². The van der Waals surface area contributed by atoms with Crippen molar-refractivity contribution in [3.05, 3.63) is 33.8 Å². The highest BCUT2D eigenvalue weighted by Crippen LogP contribution is 2.36. The minimum atomic E-state index is -0.267. The molecule has 0 bridgehead atoms. The van der Waals surface area contributed by atoms with Gasteiger partial charge in [0.2, 0.25) is 0 Å². The fraction of sp³-hybridized carbons (Fsp3) is 0.556. The molecule has 1 N–H and O–H groups in total. The van der Waals surface area contributed by atoms with E-state index >= 15 is 0 Å². The highest BCUT2D eigenvalue weighted by Gasteiger charge is 2.40. The van der Waals surface area contributed by atoms with Gasteiger partial charge < -0.3 is 19.5 Å². The Morgan fingerprint density at radius 1 is 1.17 bits per heavy atom. The zero-order valence-corrected chi connectivity index (χ0v) is 14.7. The van der Waals surface area contributed by atoms with E-state index in [9.17, 15) is 0 Å². The molecule has 124 valence electrons. The number of fused-ring (bicyclic) bond motifs is 1. The maximum atomic E-state index is 5.84. The normalized spacial score (nSPS) is 23.4. The predicted octanol–water partition coefficient (Wildman–Crippen LogP) is 3.50. The van der Waals surface area contributed by atoms with E-state index in [1.807, 2.05) is 12.1 Å². The summed E-state index contributed by atoms with van der Waals surface area (Å²) < 4.78 is 18.5. The molecule has 1 aliphatic carbocycles. The molecule has 0 amide bonds. The quantitative estimate of drug-likeness (QED) is 0.872. The fourth-order valence-corrected chi connectivity index (χ4v) is 4.00. The summed E-state index contributed by atoms with van der Waals surface area (Å²) in [4.78, 5) is 0. The Labute approximate surface area is 145 Å². The first-order chi connectivity index (χ1) is 11.2. The molecule has 0 aromatic heterocycles. The number of ether oxygens (including phenoxy) is 3. The largest absolute Gasteiger partial charge is 0.489 e. The van der Waals surface area contributed by atoms with Gasteiger partial charge in [0.05, 0.1) is 13.2 Å². The van der Waals surface area contributed by atoms with Gasteiger partial charge in [-0.3, -0.25) is 0 Å². The molecule has 5 heteroatoms. The SMILES string of the molecule is Brc1ccc2c(c1)C=C(CNC1CCC3(CC1)OCCO3)CO2. The van der Waals surface area contributed by atoms with E-state index < -0.39 is 0 Å². The third-order valence-corrected chi connectivity index (χ3v) is 5.42. The standard InChI is InChI=1S/C18H22BrNO3/c19-15-1-2-17-14(10-15)9-13(12-21-17)11-20-16-3-5-18(6-4-16)22-7-8-23-18/h1-2,9-10,16,20H,3-8,11-12H2. The Morgan fingerprint density at radius 2 is 1.96 bits per heavy atom. The van der Waals surface area contributed by atoms with Crippen molar-refractivity contribution in [1.82, 2.24) is 5.32 Å². The second kappa shape index (κ2) is 6.55. The number of rotatable bonds is 3. The monoisotopic (exact) mass is 379 g/mol. The molecule has 4 nitrogen and oxygen atoms in total. The van der Waals surface area contributed by atoms with Gasteiger partial charge in [0.25, 0.3) is 0 Å². The molecule has 3 aliphatic rings. The van der Waals surface area contributed by atoms with Gasteiger partial charge in [-0.05, 0) is 42.7 Å². The molecule has 1 aromatic carbocycles. The van der Waals surface area contributed by atoms with Gasteiger partial charge in [0.1, 0.15) is 12.4 Å². The van der Waals surface area contributed by atoms with Crippen molar-refractivity contribution in [3.63, 3.8) is 0 Å². The molecule has 0 radical (unpaired) electrons. The molecule has 1 saturated heterocycles. The van der Waals surface area contributed by atoms with Crippen molar-refractivity contribution in [2.75, 3.05) is 26.4 Å². The van der Waals surface area contributed by atoms with Crippen LogP contribution >= 0.6 is 15.9 Å². The van der Waals surface area contributed by atoms with Crippen LogP contribution in [0.25, 0.3) is 6.08 Å². The summed E-state index contributed by atoms with van der Waals surface area (Å²) in [5.41, 5.74) is 2.45. The molecule has 2 aliphatic heterocycles. The second-order valence-corrected chi connectivity index (χ2v) is 7.45. The summed E-state index contributed by atoms with van der Waals surface area (Å²) in [6, 6.07) is 6.68. The van der Waals surface area contributed by atoms with E-state index in [0.29, 0.717) is 12.6 Å². The number of hydrogen-bond acceptors (Lipinski definition) is 4. The van der Waals surface area contributed by atoms with Gasteiger partial charge in [0.15, 0.2) is 5.79 Å². The molecule has 1 aromatic rings. The van der Waals surface area contributed by atoms with Crippen LogP contribution in [-0.4, -0.2) is 38.2 Å². The fourth-order valence-electron chi connectivity index (χ4n) is 3.62. The Morgan fingerprint density at radius 3 is 2.74 bits per heavy atom. The maximum absolute atomic E-state index is 5.84. The number of halogens is 1.